The fraction of sp³-hybridized carbons (Fsp3) is 0.500. The van der Waals surface area contributed by atoms with E-state index in [9.17, 15) is 4.79 Å². The Morgan fingerprint density at radius 2 is 2.28 bits per heavy atom. The summed E-state index contributed by atoms with van der Waals surface area (Å²) < 4.78 is 6.43. The second-order valence-corrected chi connectivity index (χ2v) is 5.79. The molecule has 1 aromatic carbocycles. The highest BCUT2D eigenvalue weighted by molar-refractivity contribution is 9.10. The minimum absolute atomic E-state index is 0.0814. The number of ketones is 1. The van der Waals surface area contributed by atoms with Gasteiger partial charge in [0.05, 0.1) is 13.2 Å². The first-order valence-electron chi connectivity index (χ1n) is 6.21. The number of morpholine rings is 1. The molecule has 3 nitrogen and oxygen atoms in total. The van der Waals surface area contributed by atoms with Crippen LogP contribution in [0.25, 0.3) is 0 Å². The smallest absolute Gasteiger partial charge is 0.167 e. The highest BCUT2D eigenvalue weighted by Gasteiger charge is 2.28. The molecule has 1 aliphatic heterocycles. The lowest BCUT2D eigenvalue weighted by Crippen LogP contribution is -2.52. The van der Waals surface area contributed by atoms with Crippen molar-refractivity contribution < 1.29 is 9.53 Å². The fourth-order valence-electron chi connectivity index (χ4n) is 2.21. The molecule has 0 amide bonds. The van der Waals surface area contributed by atoms with Crippen LogP contribution in [0.5, 0.6) is 0 Å². The second-order valence-electron chi connectivity index (χ2n) is 4.87. The molecule has 0 spiro atoms. The predicted octanol–water partition coefficient (Wildman–Crippen LogP) is 2.64. The third-order valence-corrected chi connectivity index (χ3v) is 3.78. The van der Waals surface area contributed by atoms with Gasteiger partial charge in [0.25, 0.3) is 0 Å². The van der Waals surface area contributed by atoms with Crippen molar-refractivity contribution in [3.63, 3.8) is 0 Å². The lowest BCUT2D eigenvalue weighted by molar-refractivity contribution is 0.0331. The molecule has 1 fully saturated rings. The van der Waals surface area contributed by atoms with Crippen LogP contribution in [0.15, 0.2) is 28.7 Å². The van der Waals surface area contributed by atoms with Crippen molar-refractivity contribution in [1.29, 1.82) is 0 Å². The molecular formula is C14H18BrNO2. The number of carbonyl (C=O) groups excluding carboxylic acids is 1. The van der Waals surface area contributed by atoms with Crippen LogP contribution >= 0.6 is 15.9 Å². The highest BCUT2D eigenvalue weighted by Crippen LogP contribution is 2.18. The van der Waals surface area contributed by atoms with Crippen molar-refractivity contribution in [2.24, 2.45) is 5.92 Å². The van der Waals surface area contributed by atoms with Crippen LogP contribution < -0.4 is 5.32 Å². The lowest BCUT2D eigenvalue weighted by Gasteiger charge is -2.32. The van der Waals surface area contributed by atoms with E-state index < -0.39 is 0 Å². The average molecular weight is 312 g/mol. The zero-order valence-corrected chi connectivity index (χ0v) is 12.2. The van der Waals surface area contributed by atoms with Gasteiger partial charge in [-0.05, 0) is 19.1 Å². The van der Waals surface area contributed by atoms with Crippen LogP contribution in [0, 0.1) is 5.92 Å². The summed E-state index contributed by atoms with van der Waals surface area (Å²) in [7, 11) is 0. The van der Waals surface area contributed by atoms with Gasteiger partial charge in [-0.3, -0.25) is 4.79 Å². The van der Waals surface area contributed by atoms with Crippen LogP contribution in [0.3, 0.4) is 0 Å². The maximum absolute atomic E-state index is 12.4. The summed E-state index contributed by atoms with van der Waals surface area (Å²) in [5, 5.41) is 3.42. The van der Waals surface area contributed by atoms with Crippen LogP contribution in [-0.2, 0) is 4.74 Å². The van der Waals surface area contributed by atoms with E-state index in [1.807, 2.05) is 31.2 Å². The molecule has 0 saturated carbocycles. The number of nitrogens with one attached hydrogen (secondary N) is 1. The monoisotopic (exact) mass is 311 g/mol. The molecule has 2 rings (SSSR count). The molecule has 1 heterocycles. The topological polar surface area (TPSA) is 38.3 Å². The Hall–Kier alpha value is -0.710. The van der Waals surface area contributed by atoms with Gasteiger partial charge in [0, 0.05) is 28.0 Å². The molecule has 0 aromatic heterocycles. The molecule has 0 radical (unpaired) electrons. The van der Waals surface area contributed by atoms with Gasteiger partial charge in [0.1, 0.15) is 0 Å². The van der Waals surface area contributed by atoms with Gasteiger partial charge in [-0.2, -0.15) is 0 Å². The van der Waals surface area contributed by atoms with Crippen LogP contribution in [0.2, 0.25) is 0 Å². The van der Waals surface area contributed by atoms with E-state index >= 15 is 0 Å². The molecule has 1 aliphatic rings. The molecule has 3 unspecified atom stereocenters. The molecule has 1 N–H and O–H groups in total. The van der Waals surface area contributed by atoms with Gasteiger partial charge in [0.15, 0.2) is 5.78 Å². The van der Waals surface area contributed by atoms with Gasteiger partial charge in [-0.1, -0.05) is 35.0 Å². The van der Waals surface area contributed by atoms with Crippen molar-refractivity contribution in [1.82, 2.24) is 5.32 Å². The predicted molar refractivity (Wildman–Crippen MR) is 74.8 cm³/mol. The van der Waals surface area contributed by atoms with Crippen LogP contribution in [0.1, 0.15) is 24.2 Å². The summed E-state index contributed by atoms with van der Waals surface area (Å²) in [5.74, 6) is 0.0774. The number of halogens is 1. The van der Waals surface area contributed by atoms with E-state index in [1.165, 1.54) is 0 Å². The molecule has 1 aromatic rings. The number of hydrogen-bond donors (Lipinski definition) is 1. The molecule has 1 saturated heterocycles. The third-order valence-electron chi connectivity index (χ3n) is 3.29. The molecule has 3 atom stereocenters. The number of ether oxygens (including phenoxy) is 1. The van der Waals surface area contributed by atoms with E-state index in [2.05, 4.69) is 28.2 Å². The van der Waals surface area contributed by atoms with Crippen molar-refractivity contribution in [2.75, 3.05) is 13.2 Å². The SMILES string of the molecule is CC1COCC(C(C)C(=O)c2cccc(Br)c2)N1. The van der Waals surface area contributed by atoms with Gasteiger partial charge in [-0.15, -0.1) is 0 Å². The van der Waals surface area contributed by atoms with Crippen molar-refractivity contribution in [2.45, 2.75) is 25.9 Å². The van der Waals surface area contributed by atoms with Gasteiger partial charge in [0.2, 0.25) is 0 Å². The zero-order chi connectivity index (χ0) is 13.1. The Kier molecular flexibility index (Phi) is 4.54. The first-order valence-corrected chi connectivity index (χ1v) is 7.01. The summed E-state index contributed by atoms with van der Waals surface area (Å²) in [4.78, 5) is 12.4. The Balaban J connectivity index is 2.08. The largest absolute Gasteiger partial charge is 0.378 e. The van der Waals surface area contributed by atoms with E-state index in [0.29, 0.717) is 19.3 Å². The molecule has 18 heavy (non-hydrogen) atoms. The van der Waals surface area contributed by atoms with Crippen LogP contribution in [0.4, 0.5) is 0 Å². The lowest BCUT2D eigenvalue weighted by atomic mass is 9.92. The van der Waals surface area contributed by atoms with Crippen molar-refractivity contribution >= 4 is 21.7 Å². The molecular weight excluding hydrogens is 294 g/mol. The van der Waals surface area contributed by atoms with Crippen LogP contribution in [-0.4, -0.2) is 31.1 Å². The number of benzene rings is 1. The van der Waals surface area contributed by atoms with E-state index in [-0.39, 0.29) is 17.7 Å². The molecule has 0 aliphatic carbocycles. The molecule has 4 heteroatoms. The Morgan fingerprint density at radius 1 is 1.50 bits per heavy atom. The van der Waals surface area contributed by atoms with E-state index in [0.717, 1.165) is 10.0 Å². The van der Waals surface area contributed by atoms with Crippen molar-refractivity contribution in [3.05, 3.63) is 34.3 Å². The molecule has 98 valence electrons. The number of carbonyl (C=O) groups is 1. The fourth-order valence-corrected chi connectivity index (χ4v) is 2.61. The summed E-state index contributed by atoms with van der Waals surface area (Å²) in [5.41, 5.74) is 0.747. The minimum atomic E-state index is -0.0814. The normalized spacial score (nSPS) is 25.7. The second kappa shape index (κ2) is 5.95. The van der Waals surface area contributed by atoms with Gasteiger partial charge >= 0.3 is 0 Å². The number of rotatable bonds is 3. The summed E-state index contributed by atoms with van der Waals surface area (Å²) in [6.07, 6.45) is 0. The van der Waals surface area contributed by atoms with Gasteiger partial charge in [-0.25, -0.2) is 0 Å². The first kappa shape index (κ1) is 13.7. The number of Topliss-reactive ketones (excluding diaryl/α,β-unsaturated/α-hetero) is 1. The maximum atomic E-state index is 12.4. The maximum Gasteiger partial charge on any atom is 0.167 e. The average Bonchev–Trinajstić information content (AvgIpc) is 2.37. The summed E-state index contributed by atoms with van der Waals surface area (Å²) in [6.45, 7) is 5.35. The highest BCUT2D eigenvalue weighted by atomic mass is 79.9. The first-order chi connectivity index (χ1) is 8.58. The number of hydrogen-bond acceptors (Lipinski definition) is 3. The minimum Gasteiger partial charge on any atom is -0.378 e. The van der Waals surface area contributed by atoms with E-state index in [1.54, 1.807) is 0 Å². The zero-order valence-electron chi connectivity index (χ0n) is 10.7. The van der Waals surface area contributed by atoms with Gasteiger partial charge < -0.3 is 10.1 Å². The van der Waals surface area contributed by atoms with E-state index in [4.69, 9.17) is 4.74 Å². The van der Waals surface area contributed by atoms with Crippen molar-refractivity contribution in [3.8, 4) is 0 Å². The summed E-state index contributed by atoms with van der Waals surface area (Å²) in [6, 6.07) is 7.94. The Bertz CT molecular complexity index is 436. The third kappa shape index (κ3) is 3.19. The molecule has 0 bridgehead atoms. The summed E-state index contributed by atoms with van der Waals surface area (Å²) >= 11 is 3.39. The Morgan fingerprint density at radius 3 is 2.94 bits per heavy atom. The quantitative estimate of drug-likeness (QED) is 0.872. The standard InChI is InChI=1S/C14H18BrNO2/c1-9-7-18-8-13(16-9)10(2)14(17)11-4-3-5-12(15)6-11/h3-6,9-10,13,16H,7-8H2,1-2H3. The Labute approximate surface area is 116 Å².